The maximum Gasteiger partial charge on any atom is 0.315 e. The molecule has 4 aromatic carbocycles. The van der Waals surface area contributed by atoms with Gasteiger partial charge >= 0.3 is 5.97 Å². The molecule has 1 aliphatic carbocycles. The van der Waals surface area contributed by atoms with Gasteiger partial charge in [0.25, 0.3) is 0 Å². The molecule has 0 aromatic heterocycles. The highest BCUT2D eigenvalue weighted by Gasteiger charge is 2.45. The lowest BCUT2D eigenvalue weighted by molar-refractivity contribution is -0.148. The highest BCUT2D eigenvalue weighted by molar-refractivity contribution is 6.09. The van der Waals surface area contributed by atoms with Gasteiger partial charge in [-0.1, -0.05) is 78.9 Å². The molecule has 3 atom stereocenters. The van der Waals surface area contributed by atoms with Crippen molar-refractivity contribution in [3.8, 4) is 17.2 Å². The van der Waals surface area contributed by atoms with Crippen LogP contribution in [0.5, 0.6) is 17.2 Å². The highest BCUT2D eigenvalue weighted by atomic mass is 16.5. The first-order chi connectivity index (χ1) is 22.4. The van der Waals surface area contributed by atoms with Gasteiger partial charge in [-0.25, -0.2) is 0 Å². The molecular weight excluding hydrogens is 578 g/mol. The van der Waals surface area contributed by atoms with Crippen molar-refractivity contribution in [2.45, 2.75) is 44.8 Å². The number of benzene rings is 4. The summed E-state index contributed by atoms with van der Waals surface area (Å²) in [5.41, 5.74) is 5.63. The van der Waals surface area contributed by atoms with Crippen LogP contribution < -0.4 is 14.2 Å². The Morgan fingerprint density at radius 1 is 0.761 bits per heavy atom. The molecule has 0 N–H and O–H groups in total. The second-order valence-electron chi connectivity index (χ2n) is 11.7. The minimum Gasteiger partial charge on any atom is -0.493 e. The Morgan fingerprint density at radius 2 is 1.46 bits per heavy atom. The molecule has 0 saturated heterocycles. The minimum absolute atomic E-state index is 0.0289. The predicted octanol–water partition coefficient (Wildman–Crippen LogP) is 7.60. The van der Waals surface area contributed by atoms with Crippen molar-refractivity contribution in [1.82, 2.24) is 0 Å². The van der Waals surface area contributed by atoms with Crippen LogP contribution in [0.2, 0.25) is 0 Å². The second kappa shape index (κ2) is 13.9. The molecule has 2 aliphatic rings. The third kappa shape index (κ3) is 6.59. The quantitative estimate of drug-likeness (QED) is 0.171. The highest BCUT2D eigenvalue weighted by Crippen LogP contribution is 2.48. The molecule has 0 spiro atoms. The van der Waals surface area contributed by atoms with Gasteiger partial charge in [0.1, 0.15) is 24.9 Å². The van der Waals surface area contributed by atoms with Crippen LogP contribution in [0.3, 0.4) is 0 Å². The third-order valence-corrected chi connectivity index (χ3v) is 8.71. The van der Waals surface area contributed by atoms with Gasteiger partial charge in [-0.2, -0.15) is 0 Å². The zero-order chi connectivity index (χ0) is 32.0. The summed E-state index contributed by atoms with van der Waals surface area (Å²) in [6.45, 7) is 2.39. The third-order valence-electron chi connectivity index (χ3n) is 8.71. The van der Waals surface area contributed by atoms with E-state index in [9.17, 15) is 9.59 Å². The Bertz CT molecular complexity index is 1780. The Kier molecular flexibility index (Phi) is 9.29. The second-order valence-corrected chi connectivity index (χ2v) is 11.7. The lowest BCUT2D eigenvalue weighted by Gasteiger charge is -2.36. The maximum atomic E-state index is 14.2. The van der Waals surface area contributed by atoms with E-state index in [1.165, 1.54) is 0 Å². The van der Waals surface area contributed by atoms with E-state index >= 15 is 0 Å². The van der Waals surface area contributed by atoms with Crippen LogP contribution in [0.1, 0.15) is 53.9 Å². The lowest BCUT2D eigenvalue weighted by atomic mass is 9.69. The van der Waals surface area contributed by atoms with Crippen molar-refractivity contribution in [3.63, 3.8) is 0 Å². The van der Waals surface area contributed by atoms with Gasteiger partial charge in [-0.15, -0.1) is 0 Å². The van der Waals surface area contributed by atoms with Crippen molar-refractivity contribution >= 4 is 17.5 Å². The lowest BCUT2D eigenvalue weighted by Crippen LogP contribution is -2.38. The fourth-order valence-corrected chi connectivity index (χ4v) is 6.42. The number of nitrogens with zero attached hydrogens (tertiary/aromatic N) is 1. The molecule has 0 radical (unpaired) electrons. The molecule has 6 rings (SSSR count). The summed E-state index contributed by atoms with van der Waals surface area (Å²) >= 11 is 0. The minimum atomic E-state index is -0.756. The molecule has 1 heterocycles. The summed E-state index contributed by atoms with van der Waals surface area (Å²) in [5.74, 6) is 0.0548. The Balaban J connectivity index is 1.35. The topological polar surface area (TPSA) is 83.4 Å². The summed E-state index contributed by atoms with van der Waals surface area (Å²) < 4.78 is 23.0. The molecule has 7 heteroatoms. The number of methoxy groups -OCH3 is 2. The number of rotatable bonds is 10. The number of Topliss-reactive ketones (excluding diaryl/α,β-unsaturated/α-hetero) is 1. The van der Waals surface area contributed by atoms with Crippen LogP contribution in [-0.4, -0.2) is 31.7 Å². The van der Waals surface area contributed by atoms with E-state index in [0.29, 0.717) is 47.3 Å². The van der Waals surface area contributed by atoms with Gasteiger partial charge in [0.05, 0.1) is 14.2 Å². The molecule has 0 fully saturated rings. The van der Waals surface area contributed by atoms with Gasteiger partial charge in [0.15, 0.2) is 17.3 Å². The van der Waals surface area contributed by atoms with Crippen molar-refractivity contribution in [2.75, 3.05) is 14.2 Å². The first kappa shape index (κ1) is 30.8. The Labute approximate surface area is 269 Å². The van der Waals surface area contributed by atoms with Gasteiger partial charge in [0.2, 0.25) is 0 Å². The van der Waals surface area contributed by atoms with Crippen molar-refractivity contribution < 1.29 is 28.5 Å². The molecule has 234 valence electrons. The van der Waals surface area contributed by atoms with Crippen LogP contribution in [0.25, 0.3) is 0 Å². The smallest absolute Gasteiger partial charge is 0.315 e. The maximum absolute atomic E-state index is 14.2. The van der Waals surface area contributed by atoms with E-state index in [4.69, 9.17) is 23.9 Å². The first-order valence-electron chi connectivity index (χ1n) is 15.5. The number of ether oxygens (including phenoxy) is 4. The molecular formula is C39H37NO6. The van der Waals surface area contributed by atoms with Gasteiger partial charge in [0, 0.05) is 29.3 Å². The van der Waals surface area contributed by atoms with Crippen LogP contribution in [0, 0.1) is 5.92 Å². The van der Waals surface area contributed by atoms with E-state index in [0.717, 1.165) is 22.3 Å². The fourth-order valence-electron chi connectivity index (χ4n) is 6.42. The fraction of sp³-hybridized carbons (Fsp3) is 0.256. The molecule has 0 saturated carbocycles. The number of hydrogen-bond donors (Lipinski definition) is 0. The average molecular weight is 616 g/mol. The monoisotopic (exact) mass is 615 g/mol. The normalized spacial score (nSPS) is 19.2. The zero-order valence-corrected chi connectivity index (χ0v) is 26.3. The predicted molar refractivity (Wildman–Crippen MR) is 176 cm³/mol. The Hall–Kier alpha value is -5.17. The summed E-state index contributed by atoms with van der Waals surface area (Å²) in [6, 6.07) is 33.0. The molecule has 0 bridgehead atoms. The van der Waals surface area contributed by atoms with E-state index < -0.39 is 17.8 Å². The SMILES string of the molecule is COc1ccc([C@H]2CC(=O)C3=C(C2)N=C(C)C(C(=O)OCc2ccccc2)[C@H]3c2cccc(OCc3ccccc3)c2)cc1OC. The molecule has 1 aliphatic heterocycles. The molecule has 4 aromatic rings. The van der Waals surface area contributed by atoms with Crippen molar-refractivity contribution in [1.29, 1.82) is 0 Å². The molecule has 0 amide bonds. The van der Waals surface area contributed by atoms with Crippen LogP contribution >= 0.6 is 0 Å². The molecule has 7 nitrogen and oxygen atoms in total. The van der Waals surface area contributed by atoms with Crippen molar-refractivity contribution in [2.24, 2.45) is 10.9 Å². The number of allylic oxidation sites excluding steroid dienone is 2. The van der Waals surface area contributed by atoms with Gasteiger partial charge in [-0.3, -0.25) is 14.6 Å². The van der Waals surface area contributed by atoms with Crippen LogP contribution in [-0.2, 0) is 27.5 Å². The number of carbonyl (C=O) groups excluding carboxylic acids is 2. The van der Waals surface area contributed by atoms with E-state index in [1.807, 2.05) is 110 Å². The van der Waals surface area contributed by atoms with Crippen LogP contribution in [0.4, 0.5) is 0 Å². The van der Waals surface area contributed by atoms with E-state index in [-0.39, 0.29) is 24.7 Å². The van der Waals surface area contributed by atoms with E-state index in [2.05, 4.69) is 0 Å². The van der Waals surface area contributed by atoms with Crippen LogP contribution in [0.15, 0.2) is 119 Å². The standard InChI is InChI=1S/C39H37NO6/c1-25-36(39(42)46-24-27-13-8-5-9-14-27)37(29-15-10-16-31(19-29)45-23-26-11-6-4-7-12-26)38-32(40-25)20-30(21-33(38)41)28-17-18-34(43-2)35(22-28)44-3/h4-19,22,30,36-37H,20-21,23-24H2,1-3H3/t30-,36?,37-/m1/s1. The number of carbonyl (C=O) groups is 2. The number of esters is 1. The van der Waals surface area contributed by atoms with Crippen molar-refractivity contribution in [3.05, 3.63) is 137 Å². The summed E-state index contributed by atoms with van der Waals surface area (Å²) in [5, 5.41) is 0. The number of hydrogen-bond acceptors (Lipinski definition) is 7. The molecule has 46 heavy (non-hydrogen) atoms. The Morgan fingerprint density at radius 3 is 2.15 bits per heavy atom. The average Bonchev–Trinajstić information content (AvgIpc) is 3.09. The summed E-state index contributed by atoms with van der Waals surface area (Å²) in [6.07, 6.45) is 0.843. The van der Waals surface area contributed by atoms with E-state index in [1.54, 1.807) is 14.2 Å². The largest absolute Gasteiger partial charge is 0.493 e. The summed E-state index contributed by atoms with van der Waals surface area (Å²) in [7, 11) is 3.20. The molecule has 1 unspecified atom stereocenters. The summed E-state index contributed by atoms with van der Waals surface area (Å²) in [4.78, 5) is 32.9. The number of ketones is 1. The van der Waals surface area contributed by atoms with Gasteiger partial charge in [-0.05, 0) is 65.8 Å². The zero-order valence-electron chi connectivity index (χ0n) is 26.3. The van der Waals surface area contributed by atoms with Gasteiger partial charge < -0.3 is 18.9 Å². The number of aliphatic imine (C=N–C) groups is 1. The first-order valence-corrected chi connectivity index (χ1v) is 15.5.